The van der Waals surface area contributed by atoms with Crippen molar-refractivity contribution in [1.82, 2.24) is 5.32 Å². The van der Waals surface area contributed by atoms with Crippen molar-refractivity contribution < 1.29 is 19.0 Å². The molecular formula is C18H21NO4. The Morgan fingerprint density at radius 2 is 1.83 bits per heavy atom. The van der Waals surface area contributed by atoms with Crippen LogP contribution in [0.25, 0.3) is 0 Å². The van der Waals surface area contributed by atoms with Gasteiger partial charge in [-0.15, -0.1) is 0 Å². The Hall–Kier alpha value is -2.53. The molecule has 0 aromatic heterocycles. The summed E-state index contributed by atoms with van der Waals surface area (Å²) < 4.78 is 16.2. The van der Waals surface area contributed by atoms with E-state index in [4.69, 9.17) is 14.2 Å². The molecular weight excluding hydrogens is 294 g/mol. The fourth-order valence-electron chi connectivity index (χ4n) is 2.24. The van der Waals surface area contributed by atoms with Gasteiger partial charge >= 0.3 is 5.97 Å². The maximum Gasteiger partial charge on any atom is 0.337 e. The average molecular weight is 315 g/mol. The molecule has 0 spiro atoms. The van der Waals surface area contributed by atoms with Crippen molar-refractivity contribution >= 4 is 5.97 Å². The molecule has 1 N–H and O–H groups in total. The second-order valence-electron chi connectivity index (χ2n) is 4.93. The van der Waals surface area contributed by atoms with Gasteiger partial charge in [-0.25, -0.2) is 4.79 Å². The van der Waals surface area contributed by atoms with Gasteiger partial charge in [0, 0.05) is 6.54 Å². The highest BCUT2D eigenvalue weighted by Gasteiger charge is 2.17. The zero-order valence-electron chi connectivity index (χ0n) is 13.5. The summed E-state index contributed by atoms with van der Waals surface area (Å²) in [6.07, 6.45) is -0.168. The van der Waals surface area contributed by atoms with E-state index < -0.39 is 5.97 Å². The van der Waals surface area contributed by atoms with E-state index in [-0.39, 0.29) is 6.10 Å². The number of carbonyl (C=O) groups is 1. The van der Waals surface area contributed by atoms with Crippen LogP contribution in [0.5, 0.6) is 11.5 Å². The number of likely N-dealkylation sites (N-methyl/N-ethyl adjacent to an activating group) is 1. The van der Waals surface area contributed by atoms with E-state index in [1.54, 1.807) is 25.3 Å². The van der Waals surface area contributed by atoms with E-state index in [2.05, 4.69) is 5.32 Å². The minimum Gasteiger partial charge on any atom is -0.493 e. The molecule has 23 heavy (non-hydrogen) atoms. The largest absolute Gasteiger partial charge is 0.493 e. The molecule has 0 aliphatic heterocycles. The summed E-state index contributed by atoms with van der Waals surface area (Å²) in [5.41, 5.74) is 1.47. The fourth-order valence-corrected chi connectivity index (χ4v) is 2.24. The minimum atomic E-state index is -0.412. The molecule has 0 aliphatic carbocycles. The van der Waals surface area contributed by atoms with Gasteiger partial charge < -0.3 is 19.5 Å². The van der Waals surface area contributed by atoms with Gasteiger partial charge in [0.2, 0.25) is 0 Å². The third kappa shape index (κ3) is 4.23. The predicted molar refractivity (Wildman–Crippen MR) is 88.1 cm³/mol. The summed E-state index contributed by atoms with van der Waals surface area (Å²) in [5.74, 6) is 0.652. The summed E-state index contributed by atoms with van der Waals surface area (Å²) >= 11 is 0. The zero-order valence-corrected chi connectivity index (χ0v) is 13.5. The third-order valence-corrected chi connectivity index (χ3v) is 3.41. The number of ether oxygens (including phenoxy) is 3. The number of hydrogen-bond donors (Lipinski definition) is 1. The topological polar surface area (TPSA) is 56.8 Å². The van der Waals surface area contributed by atoms with Crippen molar-refractivity contribution in [2.45, 2.75) is 6.10 Å². The van der Waals surface area contributed by atoms with Gasteiger partial charge in [-0.2, -0.15) is 0 Å². The second kappa shape index (κ2) is 8.19. The lowest BCUT2D eigenvalue weighted by Gasteiger charge is -2.21. The minimum absolute atomic E-state index is 0.168. The van der Waals surface area contributed by atoms with Crippen LogP contribution in [0.3, 0.4) is 0 Å². The summed E-state index contributed by atoms with van der Waals surface area (Å²) in [6, 6.07) is 14.9. The van der Waals surface area contributed by atoms with Crippen LogP contribution < -0.4 is 14.8 Å². The number of nitrogens with one attached hydrogen (secondary N) is 1. The predicted octanol–water partition coefficient (Wildman–Crippen LogP) is 2.82. The molecule has 5 nitrogen and oxygen atoms in total. The van der Waals surface area contributed by atoms with Gasteiger partial charge in [0.05, 0.1) is 19.8 Å². The average Bonchev–Trinajstić information content (AvgIpc) is 2.61. The molecule has 1 atom stereocenters. The van der Waals surface area contributed by atoms with Crippen LogP contribution in [0.2, 0.25) is 0 Å². The quantitative estimate of drug-likeness (QED) is 0.796. The van der Waals surface area contributed by atoms with Gasteiger partial charge in [0.25, 0.3) is 0 Å². The zero-order chi connectivity index (χ0) is 16.7. The normalized spacial score (nSPS) is 11.6. The van der Waals surface area contributed by atoms with E-state index in [0.717, 1.165) is 5.56 Å². The van der Waals surface area contributed by atoms with Gasteiger partial charge in [0.1, 0.15) is 6.10 Å². The Morgan fingerprint density at radius 3 is 2.43 bits per heavy atom. The lowest BCUT2D eigenvalue weighted by atomic mass is 10.1. The molecule has 2 aromatic carbocycles. The lowest BCUT2D eigenvalue weighted by molar-refractivity contribution is 0.0600. The Morgan fingerprint density at radius 1 is 1.09 bits per heavy atom. The van der Waals surface area contributed by atoms with Crippen molar-refractivity contribution in [3.05, 3.63) is 59.7 Å². The van der Waals surface area contributed by atoms with Crippen LogP contribution in [0.1, 0.15) is 22.0 Å². The number of rotatable bonds is 7. The monoisotopic (exact) mass is 315 g/mol. The number of hydrogen-bond acceptors (Lipinski definition) is 5. The third-order valence-electron chi connectivity index (χ3n) is 3.41. The smallest absolute Gasteiger partial charge is 0.337 e. The first-order valence-electron chi connectivity index (χ1n) is 7.32. The second-order valence-corrected chi connectivity index (χ2v) is 4.93. The molecule has 0 heterocycles. The van der Waals surface area contributed by atoms with Gasteiger partial charge in [0.15, 0.2) is 11.5 Å². The first-order chi connectivity index (χ1) is 11.2. The lowest BCUT2D eigenvalue weighted by Crippen LogP contribution is -2.22. The maximum absolute atomic E-state index is 11.6. The van der Waals surface area contributed by atoms with Gasteiger partial charge in [-0.1, -0.05) is 30.3 Å². The molecule has 0 saturated carbocycles. The molecule has 0 amide bonds. The standard InChI is InChI=1S/C18H21NO4/c1-19-12-17(13-7-5-4-6-8-13)23-15-10-9-14(18(20)22-3)11-16(15)21-2/h4-11,17,19H,12H2,1-3H3. The maximum atomic E-state index is 11.6. The Bertz CT molecular complexity index is 643. The highest BCUT2D eigenvalue weighted by atomic mass is 16.5. The van der Waals surface area contributed by atoms with E-state index in [1.165, 1.54) is 7.11 Å². The molecule has 2 rings (SSSR count). The van der Waals surface area contributed by atoms with Crippen LogP contribution in [-0.2, 0) is 4.74 Å². The molecule has 0 saturated heterocycles. The first-order valence-corrected chi connectivity index (χ1v) is 7.32. The van der Waals surface area contributed by atoms with Gasteiger partial charge in [-0.3, -0.25) is 0 Å². The molecule has 2 aromatic rings. The summed E-state index contributed by atoms with van der Waals surface area (Å²) in [6.45, 7) is 0.645. The summed E-state index contributed by atoms with van der Waals surface area (Å²) in [4.78, 5) is 11.6. The summed E-state index contributed by atoms with van der Waals surface area (Å²) in [7, 11) is 4.76. The molecule has 122 valence electrons. The van der Waals surface area contributed by atoms with E-state index in [9.17, 15) is 4.79 Å². The molecule has 0 radical (unpaired) electrons. The molecule has 0 aliphatic rings. The molecule has 0 fully saturated rings. The Kier molecular flexibility index (Phi) is 6.00. The molecule has 5 heteroatoms. The first kappa shape index (κ1) is 16.8. The van der Waals surface area contributed by atoms with Gasteiger partial charge in [-0.05, 0) is 30.8 Å². The van der Waals surface area contributed by atoms with Crippen LogP contribution in [0, 0.1) is 0 Å². The number of methoxy groups -OCH3 is 2. The fraction of sp³-hybridized carbons (Fsp3) is 0.278. The number of esters is 1. The van der Waals surface area contributed by atoms with Crippen molar-refractivity contribution in [2.24, 2.45) is 0 Å². The molecule has 0 bridgehead atoms. The number of carbonyl (C=O) groups excluding carboxylic acids is 1. The summed E-state index contributed by atoms with van der Waals surface area (Å²) in [5, 5.41) is 3.12. The van der Waals surface area contributed by atoms with Crippen molar-refractivity contribution in [2.75, 3.05) is 27.8 Å². The van der Waals surface area contributed by atoms with Crippen molar-refractivity contribution in [1.29, 1.82) is 0 Å². The van der Waals surface area contributed by atoms with Crippen LogP contribution in [-0.4, -0.2) is 33.8 Å². The van der Waals surface area contributed by atoms with Crippen molar-refractivity contribution in [3.63, 3.8) is 0 Å². The highest BCUT2D eigenvalue weighted by molar-refractivity contribution is 5.90. The van der Waals surface area contributed by atoms with Crippen LogP contribution in [0.15, 0.2) is 48.5 Å². The van der Waals surface area contributed by atoms with E-state index in [0.29, 0.717) is 23.6 Å². The van der Waals surface area contributed by atoms with Crippen molar-refractivity contribution in [3.8, 4) is 11.5 Å². The number of benzene rings is 2. The van der Waals surface area contributed by atoms with Crippen LogP contribution in [0.4, 0.5) is 0 Å². The van der Waals surface area contributed by atoms with E-state index >= 15 is 0 Å². The van der Waals surface area contributed by atoms with Crippen LogP contribution >= 0.6 is 0 Å². The Labute approximate surface area is 136 Å². The van der Waals surface area contributed by atoms with E-state index in [1.807, 2.05) is 37.4 Å². The Balaban J connectivity index is 2.27. The highest BCUT2D eigenvalue weighted by Crippen LogP contribution is 2.32. The SMILES string of the molecule is CNCC(Oc1ccc(C(=O)OC)cc1OC)c1ccccc1. The molecule has 1 unspecified atom stereocenters.